The fourth-order valence-corrected chi connectivity index (χ4v) is 6.59. The maximum absolute atomic E-state index is 15.3. The molecular weight excluding hydrogens is 568 g/mol. The quantitative estimate of drug-likeness (QED) is 0.287. The average Bonchev–Trinajstić information content (AvgIpc) is 3.27. The van der Waals surface area contributed by atoms with Crippen LogP contribution in [0.1, 0.15) is 41.9 Å². The average molecular weight is 588 g/mol. The van der Waals surface area contributed by atoms with Crippen LogP contribution in [0, 0.1) is 11.9 Å². The summed E-state index contributed by atoms with van der Waals surface area (Å²) in [5, 5.41) is 11.5. The van der Waals surface area contributed by atoms with Crippen molar-refractivity contribution in [3.05, 3.63) is 98.3 Å². The zero-order chi connectivity index (χ0) is 28.0. The molecule has 3 unspecified atom stereocenters. The van der Waals surface area contributed by atoms with Crippen LogP contribution in [0.4, 0.5) is 10.1 Å². The highest BCUT2D eigenvalue weighted by Gasteiger charge is 2.54. The molecule has 12 heteroatoms. The van der Waals surface area contributed by atoms with E-state index >= 15 is 4.39 Å². The molecule has 1 saturated carbocycles. The van der Waals surface area contributed by atoms with Crippen molar-refractivity contribution in [3.63, 3.8) is 0 Å². The van der Waals surface area contributed by atoms with Crippen LogP contribution in [0.15, 0.2) is 59.5 Å². The molecule has 2 N–H and O–H groups in total. The molecule has 1 aliphatic carbocycles. The molecule has 1 amide bonds. The molecule has 0 saturated heterocycles. The number of aromatic amines is 1. The Morgan fingerprint density at radius 2 is 1.88 bits per heavy atom. The van der Waals surface area contributed by atoms with E-state index in [0.29, 0.717) is 40.5 Å². The number of carbonyl (C=O) groups excluding carboxylic acids is 1. The van der Waals surface area contributed by atoms with Crippen LogP contribution >= 0.6 is 23.2 Å². The number of pyridine rings is 1. The Labute approximate surface area is 241 Å². The minimum Gasteiger partial charge on any atom is -0.326 e. The molecule has 9 nitrogen and oxygen atoms in total. The van der Waals surface area contributed by atoms with Gasteiger partial charge in [0.25, 0.3) is 5.56 Å². The van der Waals surface area contributed by atoms with Gasteiger partial charge >= 0.3 is 0 Å². The van der Waals surface area contributed by atoms with E-state index in [0.717, 1.165) is 28.9 Å². The molecule has 41 heavy (non-hydrogen) atoms. The molecule has 2 aliphatic heterocycles. The molecule has 0 spiro atoms. The summed E-state index contributed by atoms with van der Waals surface area (Å²) in [5.74, 6) is 0.152. The fraction of sp³-hybridized carbons (Fsp3) is 0.207. The summed E-state index contributed by atoms with van der Waals surface area (Å²) in [7, 11) is 0. The molecule has 0 radical (unpaired) electrons. The first-order valence-corrected chi connectivity index (χ1v) is 13.9. The predicted molar refractivity (Wildman–Crippen MR) is 151 cm³/mol. The number of rotatable bonds is 4. The van der Waals surface area contributed by atoms with Gasteiger partial charge in [0.1, 0.15) is 11.5 Å². The lowest BCUT2D eigenvalue weighted by molar-refractivity contribution is -0.116. The van der Waals surface area contributed by atoms with Gasteiger partial charge in [0.2, 0.25) is 11.9 Å². The second-order valence-electron chi connectivity index (χ2n) is 10.7. The molecule has 8 rings (SSSR count). The number of hydrogen-bond donors (Lipinski definition) is 2. The van der Waals surface area contributed by atoms with Crippen LogP contribution in [0.25, 0.3) is 28.1 Å². The molecular formula is C29H20Cl2FN7O2. The number of imidazole rings is 1. The number of carbonyl (C=O) groups is 1. The monoisotopic (exact) mass is 587 g/mol. The number of anilines is 1. The molecule has 204 valence electrons. The SMILES string of the molecule is O=C1CCc2cc(-c3nc(C4C5CC5c5cc(-c6cc(Cl)ccc6-n6cc(Cl)nn6)cc(=O)n54)[nH]c3F)ccc2N1. The van der Waals surface area contributed by atoms with Crippen molar-refractivity contribution in [3.8, 4) is 28.1 Å². The molecule has 2 aromatic carbocycles. The third kappa shape index (κ3) is 3.93. The summed E-state index contributed by atoms with van der Waals surface area (Å²) in [6.07, 6.45) is 3.44. The van der Waals surface area contributed by atoms with Crippen molar-refractivity contribution < 1.29 is 9.18 Å². The number of aryl methyl sites for hydroxylation is 1. The fourth-order valence-electron chi connectivity index (χ4n) is 6.29. The lowest BCUT2D eigenvalue weighted by Gasteiger charge is -2.18. The second-order valence-corrected chi connectivity index (χ2v) is 11.5. The molecule has 5 aromatic rings. The summed E-state index contributed by atoms with van der Waals surface area (Å²) in [4.78, 5) is 32.9. The van der Waals surface area contributed by atoms with E-state index in [1.165, 1.54) is 0 Å². The van der Waals surface area contributed by atoms with Crippen molar-refractivity contribution >= 4 is 34.8 Å². The topological polar surface area (TPSA) is 110 Å². The summed E-state index contributed by atoms with van der Waals surface area (Å²) < 4.78 is 18.6. The largest absolute Gasteiger partial charge is 0.326 e. The number of hydrogen-bond acceptors (Lipinski definition) is 5. The smallest absolute Gasteiger partial charge is 0.252 e. The summed E-state index contributed by atoms with van der Waals surface area (Å²) >= 11 is 12.4. The van der Waals surface area contributed by atoms with Gasteiger partial charge in [0.15, 0.2) is 5.15 Å². The van der Waals surface area contributed by atoms with Crippen LogP contribution in [0.2, 0.25) is 10.2 Å². The van der Waals surface area contributed by atoms with Crippen LogP contribution < -0.4 is 10.9 Å². The van der Waals surface area contributed by atoms with Gasteiger partial charge in [-0.15, -0.1) is 5.10 Å². The molecule has 5 heterocycles. The summed E-state index contributed by atoms with van der Waals surface area (Å²) in [5.41, 5.74) is 5.27. The maximum Gasteiger partial charge on any atom is 0.252 e. The molecule has 3 aliphatic rings. The van der Waals surface area contributed by atoms with Crippen molar-refractivity contribution in [2.45, 2.75) is 31.2 Å². The highest BCUT2D eigenvalue weighted by atomic mass is 35.5. The van der Waals surface area contributed by atoms with Gasteiger partial charge in [0, 0.05) is 45.9 Å². The van der Waals surface area contributed by atoms with E-state index in [9.17, 15) is 9.59 Å². The van der Waals surface area contributed by atoms with E-state index in [1.807, 2.05) is 12.1 Å². The van der Waals surface area contributed by atoms with Crippen LogP contribution in [0.3, 0.4) is 0 Å². The van der Waals surface area contributed by atoms with Crippen molar-refractivity contribution in [2.75, 3.05) is 5.32 Å². The Bertz CT molecular complexity index is 1980. The number of benzene rings is 2. The number of amides is 1. The van der Waals surface area contributed by atoms with Gasteiger partial charge in [-0.1, -0.05) is 34.5 Å². The Morgan fingerprint density at radius 1 is 1.00 bits per heavy atom. The van der Waals surface area contributed by atoms with Gasteiger partial charge < -0.3 is 14.9 Å². The van der Waals surface area contributed by atoms with E-state index in [-0.39, 0.29) is 34.1 Å². The first kappa shape index (κ1) is 24.5. The first-order valence-electron chi connectivity index (χ1n) is 13.2. The Balaban J connectivity index is 1.19. The lowest BCUT2D eigenvalue weighted by atomic mass is 9.99. The Hall–Kier alpha value is -4.28. The van der Waals surface area contributed by atoms with E-state index in [2.05, 4.69) is 25.6 Å². The van der Waals surface area contributed by atoms with Crippen LogP contribution in [-0.2, 0) is 11.2 Å². The zero-order valence-corrected chi connectivity index (χ0v) is 22.7. The normalized spacial score (nSPS) is 20.4. The van der Waals surface area contributed by atoms with Gasteiger partial charge in [-0.3, -0.25) is 9.59 Å². The first-order chi connectivity index (χ1) is 19.8. The standard InChI is InChI=1S/C29H20Cl2FN7O2/c30-16-3-5-21(38-12-23(31)36-37-38)17(10-16)15-8-22-18-11-19(18)27(39(22)25(41)9-15)29-34-26(28(32)35-29)14-1-4-20-13(7-14)2-6-24(40)33-20/h1,3-5,7-10,12,18-19,27H,2,6,11H2,(H,33,40)(H,34,35). The number of nitrogens with one attached hydrogen (secondary N) is 2. The Kier molecular flexibility index (Phi) is 5.30. The summed E-state index contributed by atoms with van der Waals surface area (Å²) in [6.45, 7) is 0. The van der Waals surface area contributed by atoms with Gasteiger partial charge in [-0.25, -0.2) is 9.67 Å². The van der Waals surface area contributed by atoms with Crippen molar-refractivity contribution in [1.82, 2.24) is 29.5 Å². The molecule has 1 fully saturated rings. The maximum atomic E-state index is 15.3. The molecule has 3 atom stereocenters. The van der Waals surface area contributed by atoms with Crippen molar-refractivity contribution in [1.29, 1.82) is 0 Å². The Morgan fingerprint density at radius 3 is 2.71 bits per heavy atom. The number of aromatic nitrogens is 6. The number of fused-ring (bicyclic) bond motifs is 4. The van der Waals surface area contributed by atoms with E-state index in [4.69, 9.17) is 23.2 Å². The number of nitrogens with zero attached hydrogens (tertiary/aromatic N) is 5. The van der Waals surface area contributed by atoms with Gasteiger partial charge in [0.05, 0.1) is 17.9 Å². The van der Waals surface area contributed by atoms with Gasteiger partial charge in [-0.05, 0) is 66.3 Å². The second kappa shape index (κ2) is 8.86. The molecule has 3 aromatic heterocycles. The highest BCUT2D eigenvalue weighted by molar-refractivity contribution is 6.31. The van der Waals surface area contributed by atoms with Gasteiger partial charge in [-0.2, -0.15) is 4.39 Å². The van der Waals surface area contributed by atoms with Crippen LogP contribution in [-0.4, -0.2) is 35.4 Å². The minimum atomic E-state index is -0.551. The van der Waals surface area contributed by atoms with Crippen LogP contribution in [0.5, 0.6) is 0 Å². The third-order valence-electron chi connectivity index (χ3n) is 8.22. The predicted octanol–water partition coefficient (Wildman–Crippen LogP) is 5.52. The van der Waals surface area contributed by atoms with Crippen molar-refractivity contribution in [2.24, 2.45) is 5.92 Å². The highest BCUT2D eigenvalue weighted by Crippen LogP contribution is 2.60. The summed E-state index contributed by atoms with van der Waals surface area (Å²) in [6, 6.07) is 13.9. The zero-order valence-electron chi connectivity index (χ0n) is 21.2. The third-order valence-corrected chi connectivity index (χ3v) is 8.62. The van der Waals surface area contributed by atoms with E-state index < -0.39 is 12.0 Å². The minimum absolute atomic E-state index is 0.0275. The lowest BCUT2D eigenvalue weighted by Crippen LogP contribution is -2.26. The number of H-pyrrole nitrogens is 1. The van der Waals surface area contributed by atoms with E-state index in [1.54, 1.807) is 51.8 Å². The number of halogens is 3. The molecule has 0 bridgehead atoms.